The molecule has 0 fully saturated rings. The highest BCUT2D eigenvalue weighted by molar-refractivity contribution is 7.99. The largest absolute Gasteiger partial charge is 0.353 e. The topological polar surface area (TPSA) is 66.5 Å². The monoisotopic (exact) mass is 306 g/mol. The molecule has 2 rings (SSSR count). The standard InChI is InChI=1S/C15H18N2O3S/c1-10(2)16-13(18)9-21-8-7-17-14(19)11-5-3-4-6-12(11)15(17)20/h3-6,10H,7-9H2,1-2H3,(H,16,18). The number of benzene rings is 1. The van der Waals surface area contributed by atoms with Crippen LogP contribution in [0.25, 0.3) is 0 Å². The Balaban J connectivity index is 1.82. The predicted molar refractivity (Wildman–Crippen MR) is 82.4 cm³/mol. The molecule has 3 amide bonds. The van der Waals surface area contributed by atoms with E-state index < -0.39 is 0 Å². The van der Waals surface area contributed by atoms with Crippen molar-refractivity contribution < 1.29 is 14.4 Å². The van der Waals surface area contributed by atoms with Gasteiger partial charge in [-0.25, -0.2) is 0 Å². The summed E-state index contributed by atoms with van der Waals surface area (Å²) < 4.78 is 0. The van der Waals surface area contributed by atoms with E-state index in [9.17, 15) is 14.4 Å². The number of carbonyl (C=O) groups is 3. The third-order valence-corrected chi connectivity index (χ3v) is 3.96. The number of rotatable bonds is 6. The Bertz CT molecular complexity index is 537. The van der Waals surface area contributed by atoms with Crippen LogP contribution in [0.1, 0.15) is 34.6 Å². The summed E-state index contributed by atoms with van der Waals surface area (Å²) >= 11 is 1.41. The van der Waals surface area contributed by atoms with Gasteiger partial charge in [-0.3, -0.25) is 19.3 Å². The van der Waals surface area contributed by atoms with Gasteiger partial charge in [0.25, 0.3) is 11.8 Å². The Kier molecular flexibility index (Phi) is 5.01. The molecule has 1 heterocycles. The number of hydrogen-bond acceptors (Lipinski definition) is 4. The minimum absolute atomic E-state index is 0.0302. The van der Waals surface area contributed by atoms with Crippen molar-refractivity contribution in [2.45, 2.75) is 19.9 Å². The summed E-state index contributed by atoms with van der Waals surface area (Å²) in [5.74, 6) is 0.362. The van der Waals surface area contributed by atoms with Crippen molar-refractivity contribution in [2.75, 3.05) is 18.1 Å². The molecule has 21 heavy (non-hydrogen) atoms. The molecular weight excluding hydrogens is 288 g/mol. The van der Waals surface area contributed by atoms with E-state index >= 15 is 0 Å². The van der Waals surface area contributed by atoms with E-state index in [0.29, 0.717) is 29.2 Å². The first-order valence-electron chi connectivity index (χ1n) is 6.83. The Morgan fingerprint density at radius 2 is 1.76 bits per heavy atom. The lowest BCUT2D eigenvalue weighted by atomic mass is 10.1. The van der Waals surface area contributed by atoms with E-state index in [2.05, 4.69) is 5.32 Å². The molecule has 0 bridgehead atoms. The molecule has 0 saturated heterocycles. The average Bonchev–Trinajstić information content (AvgIpc) is 2.68. The Labute approximate surface area is 128 Å². The molecule has 1 aromatic rings. The average molecular weight is 306 g/mol. The number of fused-ring (bicyclic) bond motifs is 1. The fraction of sp³-hybridized carbons (Fsp3) is 0.400. The van der Waals surface area contributed by atoms with E-state index in [0.717, 1.165) is 0 Å². The van der Waals surface area contributed by atoms with Crippen LogP contribution in [0.3, 0.4) is 0 Å². The highest BCUT2D eigenvalue weighted by atomic mass is 32.2. The third kappa shape index (κ3) is 3.64. The second-order valence-electron chi connectivity index (χ2n) is 5.08. The molecule has 1 aliphatic heterocycles. The molecule has 0 atom stereocenters. The van der Waals surface area contributed by atoms with Gasteiger partial charge >= 0.3 is 0 Å². The fourth-order valence-electron chi connectivity index (χ4n) is 2.13. The van der Waals surface area contributed by atoms with Gasteiger partial charge in [0.1, 0.15) is 0 Å². The van der Waals surface area contributed by atoms with Gasteiger partial charge in [-0.05, 0) is 26.0 Å². The van der Waals surface area contributed by atoms with Crippen molar-refractivity contribution in [3.8, 4) is 0 Å². The zero-order valence-corrected chi connectivity index (χ0v) is 12.9. The summed E-state index contributed by atoms with van der Waals surface area (Å²) in [6, 6.07) is 6.95. The summed E-state index contributed by atoms with van der Waals surface area (Å²) in [6.07, 6.45) is 0. The molecule has 1 aliphatic rings. The van der Waals surface area contributed by atoms with Crippen LogP contribution >= 0.6 is 11.8 Å². The first-order valence-corrected chi connectivity index (χ1v) is 7.98. The highest BCUT2D eigenvalue weighted by Gasteiger charge is 2.34. The second-order valence-corrected chi connectivity index (χ2v) is 6.19. The van der Waals surface area contributed by atoms with Crippen molar-refractivity contribution in [1.82, 2.24) is 10.2 Å². The van der Waals surface area contributed by atoms with Crippen molar-refractivity contribution in [3.63, 3.8) is 0 Å². The van der Waals surface area contributed by atoms with Crippen LogP contribution in [0, 0.1) is 0 Å². The molecular formula is C15H18N2O3S. The molecule has 6 heteroatoms. The van der Waals surface area contributed by atoms with E-state index in [4.69, 9.17) is 0 Å². The van der Waals surface area contributed by atoms with Gasteiger partial charge in [0, 0.05) is 18.3 Å². The van der Waals surface area contributed by atoms with Gasteiger partial charge in [0.15, 0.2) is 0 Å². The van der Waals surface area contributed by atoms with E-state index in [-0.39, 0.29) is 23.8 Å². The Morgan fingerprint density at radius 3 is 2.29 bits per heavy atom. The summed E-state index contributed by atoms with van der Waals surface area (Å²) in [5, 5.41) is 2.80. The third-order valence-electron chi connectivity index (χ3n) is 3.02. The maximum Gasteiger partial charge on any atom is 0.261 e. The van der Waals surface area contributed by atoms with Crippen LogP contribution in [0.15, 0.2) is 24.3 Å². The van der Waals surface area contributed by atoms with Crippen LogP contribution in [0.4, 0.5) is 0 Å². The van der Waals surface area contributed by atoms with Crippen LogP contribution in [-0.2, 0) is 4.79 Å². The van der Waals surface area contributed by atoms with Crippen LogP contribution in [0.5, 0.6) is 0 Å². The van der Waals surface area contributed by atoms with E-state index in [1.54, 1.807) is 24.3 Å². The Morgan fingerprint density at radius 1 is 1.19 bits per heavy atom. The second kappa shape index (κ2) is 6.76. The van der Waals surface area contributed by atoms with E-state index in [1.807, 2.05) is 13.8 Å². The van der Waals surface area contributed by atoms with Crippen molar-refractivity contribution in [2.24, 2.45) is 0 Å². The first kappa shape index (κ1) is 15.6. The normalized spacial score (nSPS) is 13.8. The number of nitrogens with zero attached hydrogens (tertiary/aromatic N) is 1. The zero-order valence-electron chi connectivity index (χ0n) is 12.1. The number of imide groups is 1. The fourth-order valence-corrected chi connectivity index (χ4v) is 2.85. The van der Waals surface area contributed by atoms with Gasteiger partial charge in [-0.1, -0.05) is 12.1 Å². The lowest BCUT2D eigenvalue weighted by Gasteiger charge is -2.13. The summed E-state index contributed by atoms with van der Waals surface area (Å²) in [6.45, 7) is 4.13. The number of carbonyl (C=O) groups excluding carboxylic acids is 3. The highest BCUT2D eigenvalue weighted by Crippen LogP contribution is 2.22. The van der Waals surface area contributed by atoms with Gasteiger partial charge in [-0.15, -0.1) is 0 Å². The predicted octanol–water partition coefficient (Wildman–Crippen LogP) is 1.54. The van der Waals surface area contributed by atoms with Gasteiger partial charge < -0.3 is 5.32 Å². The molecule has 0 unspecified atom stereocenters. The SMILES string of the molecule is CC(C)NC(=O)CSCCN1C(=O)c2ccccc2C1=O. The lowest BCUT2D eigenvalue weighted by molar-refractivity contribution is -0.119. The Hall–Kier alpha value is -1.82. The van der Waals surface area contributed by atoms with Crippen LogP contribution in [-0.4, -0.2) is 46.7 Å². The molecule has 112 valence electrons. The minimum atomic E-state index is -0.247. The molecule has 0 spiro atoms. The minimum Gasteiger partial charge on any atom is -0.353 e. The van der Waals surface area contributed by atoms with Gasteiger partial charge in [0.2, 0.25) is 5.91 Å². The first-order chi connectivity index (χ1) is 10.0. The maximum atomic E-state index is 12.1. The molecule has 1 aromatic carbocycles. The van der Waals surface area contributed by atoms with Crippen molar-refractivity contribution in [3.05, 3.63) is 35.4 Å². The zero-order chi connectivity index (χ0) is 15.4. The quantitative estimate of drug-likeness (QED) is 0.639. The molecule has 0 aromatic heterocycles. The van der Waals surface area contributed by atoms with Gasteiger partial charge in [0.05, 0.1) is 16.9 Å². The molecule has 0 radical (unpaired) electrons. The lowest BCUT2D eigenvalue weighted by Crippen LogP contribution is -2.33. The number of thioether (sulfide) groups is 1. The maximum absolute atomic E-state index is 12.1. The van der Waals surface area contributed by atoms with Crippen molar-refractivity contribution >= 4 is 29.5 Å². The van der Waals surface area contributed by atoms with Gasteiger partial charge in [-0.2, -0.15) is 11.8 Å². The van der Waals surface area contributed by atoms with Crippen LogP contribution in [0.2, 0.25) is 0 Å². The van der Waals surface area contributed by atoms with Crippen molar-refractivity contribution in [1.29, 1.82) is 0 Å². The molecule has 1 N–H and O–H groups in total. The van der Waals surface area contributed by atoms with E-state index in [1.165, 1.54) is 16.7 Å². The summed E-state index contributed by atoms with van der Waals surface area (Å²) in [7, 11) is 0. The van der Waals surface area contributed by atoms with Crippen LogP contribution < -0.4 is 5.32 Å². The number of hydrogen-bond donors (Lipinski definition) is 1. The summed E-state index contributed by atoms with van der Waals surface area (Å²) in [4.78, 5) is 36.9. The summed E-state index contributed by atoms with van der Waals surface area (Å²) in [5.41, 5.74) is 0.926. The number of nitrogens with one attached hydrogen (secondary N) is 1. The smallest absolute Gasteiger partial charge is 0.261 e. The molecule has 0 aliphatic carbocycles. The number of amides is 3. The molecule has 0 saturated carbocycles. The molecule has 5 nitrogen and oxygen atoms in total.